The molecule has 3 aromatic rings. The molecule has 0 unspecified atom stereocenters. The number of nitrogen functional groups attached to an aromatic ring is 1. The summed E-state index contributed by atoms with van der Waals surface area (Å²) in [5, 5.41) is 2.65. The minimum absolute atomic E-state index is 0.000306. The van der Waals surface area contributed by atoms with Crippen LogP contribution in [0.1, 0.15) is 20.8 Å². The number of nitrogens with zero attached hydrogens (tertiary/aromatic N) is 3. The first-order valence-electron chi connectivity index (χ1n) is 7.29. The molecule has 0 fully saturated rings. The van der Waals surface area contributed by atoms with Crippen LogP contribution in [0.5, 0.6) is 0 Å². The monoisotopic (exact) mass is 334 g/mol. The Kier molecular flexibility index (Phi) is 4.34. The summed E-state index contributed by atoms with van der Waals surface area (Å²) < 4.78 is 0. The topological polar surface area (TPSA) is 137 Å². The molecule has 0 atom stereocenters. The molecule has 1 aromatic carbocycles. The number of carbonyl (C=O) groups is 2. The lowest BCUT2D eigenvalue weighted by atomic mass is 10.2. The maximum absolute atomic E-state index is 12.4. The average molecular weight is 334 g/mol. The van der Waals surface area contributed by atoms with Gasteiger partial charge in [-0.2, -0.15) is 0 Å². The van der Waals surface area contributed by atoms with Crippen molar-refractivity contribution >= 4 is 23.3 Å². The zero-order chi connectivity index (χ0) is 17.8. The predicted octanol–water partition coefficient (Wildman–Crippen LogP) is 1.47. The molecule has 0 saturated carbocycles. The van der Waals surface area contributed by atoms with Crippen LogP contribution in [0.25, 0.3) is 11.3 Å². The molecule has 0 aliphatic rings. The number of nitrogens with two attached hydrogens (primary N) is 2. The third-order valence-corrected chi connectivity index (χ3v) is 3.40. The third kappa shape index (κ3) is 3.58. The van der Waals surface area contributed by atoms with Crippen molar-refractivity contribution in [3.05, 3.63) is 66.2 Å². The van der Waals surface area contributed by atoms with E-state index in [-0.39, 0.29) is 11.5 Å². The van der Waals surface area contributed by atoms with E-state index < -0.39 is 11.8 Å². The zero-order valence-electron chi connectivity index (χ0n) is 13.0. The fraction of sp³-hybridized carbons (Fsp3) is 0. The molecular weight excluding hydrogens is 320 g/mol. The molecule has 0 saturated heterocycles. The van der Waals surface area contributed by atoms with E-state index in [1.807, 2.05) is 0 Å². The Bertz CT molecular complexity index is 926. The van der Waals surface area contributed by atoms with Gasteiger partial charge >= 0.3 is 0 Å². The minimum Gasteiger partial charge on any atom is -0.382 e. The first-order chi connectivity index (χ1) is 12.0. The molecule has 2 amide bonds. The molecular formula is C17H14N6O2. The van der Waals surface area contributed by atoms with Crippen molar-refractivity contribution in [2.24, 2.45) is 5.73 Å². The lowest BCUT2D eigenvalue weighted by Gasteiger charge is -2.08. The van der Waals surface area contributed by atoms with Gasteiger partial charge in [0.05, 0.1) is 11.9 Å². The highest BCUT2D eigenvalue weighted by Crippen LogP contribution is 2.18. The number of carbonyl (C=O) groups excluding carboxylic acids is 2. The van der Waals surface area contributed by atoms with Crippen molar-refractivity contribution in [3.63, 3.8) is 0 Å². The Labute approximate surface area is 142 Å². The summed E-state index contributed by atoms with van der Waals surface area (Å²) in [7, 11) is 0. The first kappa shape index (κ1) is 16.1. The van der Waals surface area contributed by atoms with Crippen molar-refractivity contribution in [1.29, 1.82) is 0 Å². The largest absolute Gasteiger partial charge is 0.382 e. The Hall–Kier alpha value is -3.81. The SMILES string of the molecule is NC(=O)c1ccc(NC(=O)c2nc(-c3cccnc3)cnc2N)cc1. The Morgan fingerprint density at radius 3 is 2.44 bits per heavy atom. The molecule has 0 spiro atoms. The van der Waals surface area contributed by atoms with Crippen molar-refractivity contribution in [2.45, 2.75) is 0 Å². The zero-order valence-corrected chi connectivity index (χ0v) is 13.0. The van der Waals surface area contributed by atoms with Crippen LogP contribution in [0.15, 0.2) is 55.0 Å². The summed E-state index contributed by atoms with van der Waals surface area (Å²) in [5.74, 6) is -1.04. The van der Waals surface area contributed by atoms with Gasteiger partial charge in [0, 0.05) is 29.2 Å². The quantitative estimate of drug-likeness (QED) is 0.661. The third-order valence-electron chi connectivity index (χ3n) is 3.40. The highest BCUT2D eigenvalue weighted by atomic mass is 16.2. The number of primary amides is 1. The Morgan fingerprint density at radius 2 is 1.80 bits per heavy atom. The molecule has 3 rings (SSSR count). The van der Waals surface area contributed by atoms with Gasteiger partial charge in [-0.15, -0.1) is 0 Å². The molecule has 2 heterocycles. The van der Waals surface area contributed by atoms with Crippen LogP contribution in [-0.2, 0) is 0 Å². The van der Waals surface area contributed by atoms with Gasteiger partial charge in [-0.3, -0.25) is 14.6 Å². The van der Waals surface area contributed by atoms with Crippen LogP contribution in [0.4, 0.5) is 11.5 Å². The Balaban J connectivity index is 1.85. The molecule has 0 radical (unpaired) electrons. The predicted molar refractivity (Wildman–Crippen MR) is 92.6 cm³/mol. The van der Waals surface area contributed by atoms with Crippen LogP contribution < -0.4 is 16.8 Å². The second kappa shape index (κ2) is 6.75. The number of rotatable bonds is 4. The molecule has 5 N–H and O–H groups in total. The number of nitrogens with one attached hydrogen (secondary N) is 1. The van der Waals surface area contributed by atoms with Gasteiger partial charge in [0.15, 0.2) is 11.5 Å². The molecule has 0 bridgehead atoms. The standard InChI is InChI=1S/C17H14N6O2/c18-15-14(23-13(9-21-15)11-2-1-7-20-8-11)17(25)22-12-5-3-10(4-6-12)16(19)24/h1-9H,(H2,18,21)(H2,19,24)(H,22,25). The number of benzene rings is 1. The summed E-state index contributed by atoms with van der Waals surface area (Å²) in [5.41, 5.74) is 13.0. The van der Waals surface area contributed by atoms with Gasteiger partial charge in [0.2, 0.25) is 5.91 Å². The van der Waals surface area contributed by atoms with E-state index in [1.54, 1.807) is 36.7 Å². The average Bonchev–Trinajstić information content (AvgIpc) is 2.63. The van der Waals surface area contributed by atoms with Crippen LogP contribution in [0, 0.1) is 0 Å². The van der Waals surface area contributed by atoms with E-state index in [1.165, 1.54) is 18.3 Å². The summed E-state index contributed by atoms with van der Waals surface area (Å²) in [6.07, 6.45) is 4.73. The van der Waals surface area contributed by atoms with Gasteiger partial charge < -0.3 is 16.8 Å². The molecule has 25 heavy (non-hydrogen) atoms. The highest BCUT2D eigenvalue weighted by Gasteiger charge is 2.15. The smallest absolute Gasteiger partial charge is 0.278 e. The lowest BCUT2D eigenvalue weighted by molar-refractivity contribution is 0.0998. The summed E-state index contributed by atoms with van der Waals surface area (Å²) in [4.78, 5) is 35.8. The van der Waals surface area contributed by atoms with E-state index in [0.29, 0.717) is 16.9 Å². The number of anilines is 2. The van der Waals surface area contributed by atoms with Crippen LogP contribution in [-0.4, -0.2) is 26.8 Å². The summed E-state index contributed by atoms with van der Waals surface area (Å²) in [6, 6.07) is 9.71. The minimum atomic E-state index is -0.544. The van der Waals surface area contributed by atoms with Gasteiger partial charge in [0.1, 0.15) is 0 Å². The van der Waals surface area contributed by atoms with Crippen molar-refractivity contribution in [3.8, 4) is 11.3 Å². The molecule has 8 nitrogen and oxygen atoms in total. The molecule has 0 aliphatic carbocycles. The number of hydrogen-bond acceptors (Lipinski definition) is 6. The van der Waals surface area contributed by atoms with E-state index in [9.17, 15) is 9.59 Å². The normalized spacial score (nSPS) is 10.2. The molecule has 8 heteroatoms. The number of amides is 2. The number of pyridine rings is 1. The van der Waals surface area contributed by atoms with Crippen LogP contribution >= 0.6 is 0 Å². The second-order valence-electron chi connectivity index (χ2n) is 5.13. The lowest BCUT2D eigenvalue weighted by Crippen LogP contribution is -2.17. The Morgan fingerprint density at radius 1 is 1.04 bits per heavy atom. The summed E-state index contributed by atoms with van der Waals surface area (Å²) in [6.45, 7) is 0. The van der Waals surface area contributed by atoms with Gasteiger partial charge in [-0.05, 0) is 36.4 Å². The fourth-order valence-electron chi connectivity index (χ4n) is 2.13. The van der Waals surface area contributed by atoms with Crippen LogP contribution in [0.3, 0.4) is 0 Å². The van der Waals surface area contributed by atoms with Crippen molar-refractivity contribution in [2.75, 3.05) is 11.1 Å². The second-order valence-corrected chi connectivity index (χ2v) is 5.13. The summed E-state index contributed by atoms with van der Waals surface area (Å²) >= 11 is 0. The first-order valence-corrected chi connectivity index (χ1v) is 7.29. The highest BCUT2D eigenvalue weighted by molar-refractivity contribution is 6.06. The van der Waals surface area contributed by atoms with E-state index in [4.69, 9.17) is 11.5 Å². The van der Waals surface area contributed by atoms with Crippen molar-refractivity contribution in [1.82, 2.24) is 15.0 Å². The molecule has 124 valence electrons. The van der Waals surface area contributed by atoms with Gasteiger partial charge in [-0.1, -0.05) is 0 Å². The van der Waals surface area contributed by atoms with Crippen molar-refractivity contribution < 1.29 is 9.59 Å². The van der Waals surface area contributed by atoms with Crippen LogP contribution in [0.2, 0.25) is 0 Å². The maximum atomic E-state index is 12.4. The molecule has 0 aliphatic heterocycles. The maximum Gasteiger partial charge on any atom is 0.278 e. The van der Waals surface area contributed by atoms with E-state index >= 15 is 0 Å². The number of aromatic nitrogens is 3. The number of hydrogen-bond donors (Lipinski definition) is 3. The van der Waals surface area contributed by atoms with E-state index in [0.717, 1.165) is 5.56 Å². The fourth-order valence-corrected chi connectivity index (χ4v) is 2.13. The van der Waals surface area contributed by atoms with Gasteiger partial charge in [0.25, 0.3) is 5.91 Å². The van der Waals surface area contributed by atoms with E-state index in [2.05, 4.69) is 20.3 Å². The van der Waals surface area contributed by atoms with Gasteiger partial charge in [-0.25, -0.2) is 9.97 Å². The molecule has 2 aromatic heterocycles.